The third kappa shape index (κ3) is 5.13. The molecule has 2 aliphatic heterocycles. The predicted octanol–water partition coefficient (Wildman–Crippen LogP) is 12.1. The van der Waals surface area contributed by atoms with E-state index in [2.05, 4.69) is 48.5 Å². The van der Waals surface area contributed by atoms with Crippen molar-refractivity contribution in [2.45, 2.75) is 0 Å². The minimum absolute atomic E-state index is 0.179. The summed E-state index contributed by atoms with van der Waals surface area (Å²) in [6, 6.07) is 48.8. The molecule has 0 unspecified atom stereocenters. The Balaban J connectivity index is 1.53. The van der Waals surface area contributed by atoms with Crippen molar-refractivity contribution in [3.05, 3.63) is 168 Å². The molecule has 5 nitrogen and oxygen atoms in total. The lowest BCUT2D eigenvalue weighted by Crippen LogP contribution is -1.92. The van der Waals surface area contributed by atoms with Crippen molar-refractivity contribution in [2.75, 3.05) is 0 Å². The molecule has 0 saturated heterocycles. The summed E-state index contributed by atoms with van der Waals surface area (Å²) >= 11 is 0. The van der Waals surface area contributed by atoms with Crippen LogP contribution in [0.25, 0.3) is 91.0 Å². The fraction of sp³-hybridized carbons (Fsp3) is 0. The first kappa shape index (κ1) is 29.7. The van der Waals surface area contributed by atoms with Gasteiger partial charge in [-0.2, -0.15) is 0 Å². The maximum Gasteiger partial charge on any atom is 0.287 e. The van der Waals surface area contributed by atoms with Gasteiger partial charge < -0.3 is 4.42 Å². The molecule has 0 saturated carbocycles. The lowest BCUT2D eigenvalue weighted by Gasteiger charge is -2.08. The molecule has 50 heavy (non-hydrogen) atoms. The van der Waals surface area contributed by atoms with Gasteiger partial charge in [-0.1, -0.05) is 121 Å². The standard InChI is InChI=1S/C44H28N3O2P/c48-50-47-37-25-26-38(47)42(30-15-7-2-8-16-30)34-22-24-36(46-34)44(32-19-11-4-12-20-32)40-28-27-39(49-40)43(31-17-9-3-10-18-31)35-23-21-33(45-35)41(37)29-13-5-1-6-14-29/h1-28H. The second kappa shape index (κ2) is 12.6. The summed E-state index contributed by atoms with van der Waals surface area (Å²) in [6.45, 7) is 0. The zero-order valence-electron chi connectivity index (χ0n) is 26.8. The van der Waals surface area contributed by atoms with Gasteiger partial charge in [-0.3, -0.25) is 4.34 Å². The van der Waals surface area contributed by atoms with Crippen LogP contribution >= 0.6 is 8.61 Å². The number of aromatic nitrogens is 3. The first-order chi connectivity index (χ1) is 24.8. The van der Waals surface area contributed by atoms with Crippen molar-refractivity contribution in [1.82, 2.24) is 14.3 Å². The summed E-state index contributed by atoms with van der Waals surface area (Å²) in [5, 5.41) is 0. The molecule has 0 N–H and O–H groups in total. The number of furan rings is 1. The summed E-state index contributed by atoms with van der Waals surface area (Å²) < 4.78 is 22.0. The smallest absolute Gasteiger partial charge is 0.287 e. The monoisotopic (exact) mass is 661 g/mol. The van der Waals surface area contributed by atoms with Crippen LogP contribution in [0.4, 0.5) is 0 Å². The average Bonchev–Trinajstić information content (AvgIpc) is 4.01. The van der Waals surface area contributed by atoms with Crippen LogP contribution in [-0.2, 0) is 4.57 Å². The molecular weight excluding hydrogens is 633 g/mol. The molecule has 0 radical (unpaired) electrons. The molecule has 9 rings (SSSR count). The van der Waals surface area contributed by atoms with Crippen molar-refractivity contribution in [3.63, 3.8) is 0 Å². The Morgan fingerprint density at radius 3 is 1.06 bits per heavy atom. The lowest BCUT2D eigenvalue weighted by atomic mass is 10.0. The van der Waals surface area contributed by atoms with Crippen molar-refractivity contribution in [3.8, 4) is 44.5 Å². The first-order valence-electron chi connectivity index (χ1n) is 16.4. The molecule has 5 heterocycles. The third-order valence-electron chi connectivity index (χ3n) is 9.10. The second-order valence-corrected chi connectivity index (χ2v) is 12.6. The van der Waals surface area contributed by atoms with Gasteiger partial charge in [0.15, 0.2) is 0 Å². The van der Waals surface area contributed by atoms with E-state index < -0.39 is 0 Å². The topological polar surface area (TPSA) is 60.9 Å². The van der Waals surface area contributed by atoms with Gasteiger partial charge >= 0.3 is 0 Å². The van der Waals surface area contributed by atoms with E-state index in [1.807, 2.05) is 126 Å². The van der Waals surface area contributed by atoms with Crippen molar-refractivity contribution < 1.29 is 8.98 Å². The molecule has 8 bridgehead atoms. The van der Waals surface area contributed by atoms with Crippen LogP contribution in [-0.4, -0.2) is 14.3 Å². The van der Waals surface area contributed by atoms with Crippen LogP contribution in [0, 0.1) is 0 Å². The molecule has 0 atom stereocenters. The molecule has 236 valence electrons. The van der Waals surface area contributed by atoms with Gasteiger partial charge in [0.25, 0.3) is 8.61 Å². The van der Waals surface area contributed by atoms with Crippen LogP contribution in [0.2, 0.25) is 0 Å². The number of rotatable bonds is 5. The molecule has 0 amide bonds. The Hall–Kier alpha value is -6.42. The summed E-state index contributed by atoms with van der Waals surface area (Å²) in [7, 11) is -0.179. The van der Waals surface area contributed by atoms with Crippen molar-refractivity contribution >= 4 is 55.1 Å². The van der Waals surface area contributed by atoms with Crippen LogP contribution in [0.3, 0.4) is 0 Å². The zero-order chi connectivity index (χ0) is 33.4. The van der Waals surface area contributed by atoms with Crippen LogP contribution in [0.5, 0.6) is 0 Å². The maximum absolute atomic E-state index is 13.3. The Morgan fingerprint density at radius 2 is 0.720 bits per heavy atom. The molecule has 0 spiro atoms. The van der Waals surface area contributed by atoms with E-state index in [-0.39, 0.29) is 8.61 Å². The number of hydrogen-bond acceptors (Lipinski definition) is 4. The number of nitrogens with zero attached hydrogens (tertiary/aromatic N) is 3. The molecule has 3 aromatic heterocycles. The second-order valence-electron chi connectivity index (χ2n) is 12.1. The van der Waals surface area contributed by atoms with E-state index in [0.717, 1.165) is 78.3 Å². The van der Waals surface area contributed by atoms with Gasteiger partial charge in [-0.15, -0.1) is 0 Å². The minimum Gasteiger partial charge on any atom is -0.456 e. The first-order valence-corrected chi connectivity index (χ1v) is 17.2. The van der Waals surface area contributed by atoms with Crippen molar-refractivity contribution in [2.24, 2.45) is 0 Å². The molecule has 0 aliphatic carbocycles. The fourth-order valence-electron chi connectivity index (χ4n) is 6.89. The van der Waals surface area contributed by atoms with Crippen molar-refractivity contribution in [1.29, 1.82) is 0 Å². The largest absolute Gasteiger partial charge is 0.456 e. The minimum atomic E-state index is -0.179. The molecule has 4 aromatic carbocycles. The highest BCUT2D eigenvalue weighted by Crippen LogP contribution is 2.40. The highest BCUT2D eigenvalue weighted by molar-refractivity contribution is 7.22. The van der Waals surface area contributed by atoms with Gasteiger partial charge in [-0.05, 0) is 70.8 Å². The van der Waals surface area contributed by atoms with E-state index in [1.165, 1.54) is 0 Å². The van der Waals surface area contributed by atoms with Gasteiger partial charge in [0.2, 0.25) is 0 Å². The normalized spacial score (nSPS) is 12.1. The number of hydrogen-bond donors (Lipinski definition) is 0. The molecule has 0 fully saturated rings. The highest BCUT2D eigenvalue weighted by atomic mass is 31.1. The quantitative estimate of drug-likeness (QED) is 0.172. The third-order valence-corrected chi connectivity index (χ3v) is 9.70. The molecular formula is C44H28N3O2P. The molecule has 6 heteroatoms. The van der Waals surface area contributed by atoms with E-state index in [9.17, 15) is 4.57 Å². The SMILES string of the molecule is O=Pn1c2ccc1c(-c1ccccc1)c1nc(c(-c3ccccc3)c3ccc(o3)c(-c3ccccc3)c3nc(c2-c2ccccc2)C=C3)C=C1. The molecule has 2 aliphatic rings. The van der Waals surface area contributed by atoms with E-state index in [1.54, 1.807) is 0 Å². The maximum atomic E-state index is 13.3. The van der Waals surface area contributed by atoms with Gasteiger partial charge in [0.05, 0.1) is 44.9 Å². The summed E-state index contributed by atoms with van der Waals surface area (Å²) in [6.07, 6.45) is 8.15. The zero-order valence-corrected chi connectivity index (χ0v) is 27.7. The summed E-state index contributed by atoms with van der Waals surface area (Å²) in [4.78, 5) is 10.6. The summed E-state index contributed by atoms with van der Waals surface area (Å²) in [5.74, 6) is 0. The Labute approximate surface area is 290 Å². The lowest BCUT2D eigenvalue weighted by molar-refractivity contribution is 0.596. The van der Waals surface area contributed by atoms with Crippen LogP contribution in [0.15, 0.2) is 150 Å². The van der Waals surface area contributed by atoms with E-state index in [0.29, 0.717) is 11.2 Å². The Morgan fingerprint density at radius 1 is 0.400 bits per heavy atom. The van der Waals surface area contributed by atoms with E-state index >= 15 is 0 Å². The fourth-order valence-corrected chi connectivity index (χ4v) is 7.40. The number of benzene rings is 4. The molecule has 7 aromatic rings. The highest BCUT2D eigenvalue weighted by Gasteiger charge is 2.21. The van der Waals surface area contributed by atoms with Gasteiger partial charge in [0, 0.05) is 11.1 Å². The Kier molecular flexibility index (Phi) is 7.46. The van der Waals surface area contributed by atoms with Gasteiger partial charge in [-0.25, -0.2) is 14.5 Å². The van der Waals surface area contributed by atoms with E-state index in [4.69, 9.17) is 14.4 Å². The van der Waals surface area contributed by atoms with Crippen LogP contribution < -0.4 is 0 Å². The van der Waals surface area contributed by atoms with Crippen LogP contribution in [0.1, 0.15) is 22.8 Å². The predicted molar refractivity (Wildman–Crippen MR) is 205 cm³/mol. The summed E-state index contributed by atoms with van der Waals surface area (Å²) in [5.41, 5.74) is 13.4. The Bertz CT molecular complexity index is 2460. The average molecular weight is 662 g/mol. The number of fused-ring (bicyclic) bond motifs is 8. The van der Waals surface area contributed by atoms with Gasteiger partial charge in [0.1, 0.15) is 11.2 Å².